The number of Topliss-reactive ketones (excluding diaryl/α,β-unsaturated/α-hetero) is 1. The van der Waals surface area contributed by atoms with Crippen LogP contribution in [-0.2, 0) is 25.7 Å². The number of piperazine rings is 1. The lowest BCUT2D eigenvalue weighted by Crippen LogP contribution is -2.60. The topological polar surface area (TPSA) is 178 Å². The number of hydrogen-bond donors (Lipinski definition) is 5. The van der Waals surface area contributed by atoms with Crippen molar-refractivity contribution in [2.75, 3.05) is 26.2 Å². The van der Waals surface area contributed by atoms with Gasteiger partial charge >= 0.3 is 12.1 Å². The average Bonchev–Trinajstić information content (AvgIpc) is 2.72. The molecule has 1 aromatic rings. The van der Waals surface area contributed by atoms with E-state index in [9.17, 15) is 24.0 Å². The van der Waals surface area contributed by atoms with Crippen molar-refractivity contribution in [2.24, 2.45) is 0 Å². The fraction of sp³-hybridized carbons (Fsp3) is 0.333. The van der Waals surface area contributed by atoms with Gasteiger partial charge in [0, 0.05) is 25.2 Å². The van der Waals surface area contributed by atoms with E-state index in [4.69, 9.17) is 10.5 Å². The molecular formula is C18H21N5O7. The highest BCUT2D eigenvalue weighted by Gasteiger charge is 2.34. The van der Waals surface area contributed by atoms with Crippen LogP contribution in [0.4, 0.5) is 4.79 Å². The maximum Gasteiger partial charge on any atom is 0.413 e. The summed E-state index contributed by atoms with van der Waals surface area (Å²) >= 11 is 0. The summed E-state index contributed by atoms with van der Waals surface area (Å²) in [5.41, 5.74) is 0.948. The Bertz CT molecular complexity index is 840. The summed E-state index contributed by atoms with van der Waals surface area (Å²) in [5.74, 6) is -2.91. The second kappa shape index (κ2) is 10.7. The Morgan fingerprint density at radius 2 is 1.93 bits per heavy atom. The van der Waals surface area contributed by atoms with Crippen LogP contribution in [0.5, 0.6) is 0 Å². The van der Waals surface area contributed by atoms with Gasteiger partial charge in [0.05, 0.1) is 6.54 Å². The van der Waals surface area contributed by atoms with Gasteiger partial charge in [-0.15, -0.1) is 0 Å². The molecule has 12 heteroatoms. The van der Waals surface area contributed by atoms with Gasteiger partial charge in [-0.05, 0) is 17.7 Å². The highest BCUT2D eigenvalue weighted by Crippen LogP contribution is 2.06. The summed E-state index contributed by atoms with van der Waals surface area (Å²) in [6.45, 7) is -0.304. The zero-order valence-corrected chi connectivity index (χ0v) is 15.8. The predicted molar refractivity (Wildman–Crippen MR) is 102 cm³/mol. The van der Waals surface area contributed by atoms with Crippen molar-refractivity contribution in [2.45, 2.75) is 12.6 Å². The van der Waals surface area contributed by atoms with Gasteiger partial charge in [0.25, 0.3) is 5.91 Å². The van der Waals surface area contributed by atoms with E-state index in [0.717, 1.165) is 4.90 Å². The highest BCUT2D eigenvalue weighted by molar-refractivity contribution is 6.08. The molecule has 1 unspecified atom stereocenters. The third kappa shape index (κ3) is 6.38. The van der Waals surface area contributed by atoms with Crippen LogP contribution >= 0.6 is 0 Å². The number of hydrogen-bond acceptors (Lipinski definition) is 8. The van der Waals surface area contributed by atoms with E-state index in [-0.39, 0.29) is 25.2 Å². The van der Waals surface area contributed by atoms with E-state index < -0.39 is 48.8 Å². The van der Waals surface area contributed by atoms with Crippen molar-refractivity contribution in [3.63, 3.8) is 0 Å². The summed E-state index contributed by atoms with van der Waals surface area (Å²) in [6, 6.07) is 4.98. The Hall–Kier alpha value is -3.80. The lowest BCUT2D eigenvalue weighted by Gasteiger charge is -2.31. The first kappa shape index (κ1) is 22.5. The normalized spacial score (nSPS) is 15.8. The molecule has 1 heterocycles. The Kier molecular flexibility index (Phi) is 7.99. The SMILES string of the molecule is N=COC(=O)NCc1ccc(C(=O)NCC(=O)C2NCCN(CC(=O)O)C2=O)cc1. The number of benzene rings is 1. The van der Waals surface area contributed by atoms with Crippen molar-refractivity contribution in [1.29, 1.82) is 5.41 Å². The minimum absolute atomic E-state index is 0.134. The number of nitrogens with zero attached hydrogens (tertiary/aromatic N) is 1. The van der Waals surface area contributed by atoms with Gasteiger partial charge in [0.1, 0.15) is 12.6 Å². The monoisotopic (exact) mass is 419 g/mol. The number of carbonyl (C=O) groups excluding carboxylic acids is 4. The standard InChI is InChI=1S/C18H21N5O7/c19-10-30-18(29)22-7-11-1-3-12(4-2-11)16(27)21-8-13(24)15-17(28)23(6-5-20-15)9-14(25)26/h1-4,10,15,19-20H,5-9H2,(H,21,27)(H,22,29)(H,25,26). The number of carboxylic acid groups (broad SMARTS) is 1. The second-order valence-electron chi connectivity index (χ2n) is 6.26. The van der Waals surface area contributed by atoms with E-state index in [1.54, 1.807) is 12.1 Å². The number of alkyl carbamates (subject to hydrolysis) is 1. The molecule has 3 amide bonds. The molecule has 160 valence electrons. The molecule has 30 heavy (non-hydrogen) atoms. The fourth-order valence-corrected chi connectivity index (χ4v) is 2.71. The molecule has 0 bridgehead atoms. The van der Waals surface area contributed by atoms with Gasteiger partial charge in [0.15, 0.2) is 12.2 Å². The summed E-state index contributed by atoms with van der Waals surface area (Å²) in [7, 11) is 0. The van der Waals surface area contributed by atoms with Crippen molar-refractivity contribution in [3.05, 3.63) is 35.4 Å². The molecule has 5 N–H and O–H groups in total. The molecule has 12 nitrogen and oxygen atoms in total. The summed E-state index contributed by atoms with van der Waals surface area (Å²) in [5, 5.41) is 23.0. The molecule has 2 rings (SSSR count). The van der Waals surface area contributed by atoms with Crippen LogP contribution in [0, 0.1) is 5.41 Å². The quantitative estimate of drug-likeness (QED) is 0.186. The molecule has 0 radical (unpaired) electrons. The number of ether oxygens (including phenoxy) is 1. The molecule has 1 saturated heterocycles. The summed E-state index contributed by atoms with van der Waals surface area (Å²) in [4.78, 5) is 59.7. The first-order valence-corrected chi connectivity index (χ1v) is 8.89. The first-order chi connectivity index (χ1) is 14.3. The van der Waals surface area contributed by atoms with Crippen LogP contribution in [0.15, 0.2) is 24.3 Å². The van der Waals surface area contributed by atoms with Crippen LogP contribution < -0.4 is 16.0 Å². The van der Waals surface area contributed by atoms with E-state index in [0.29, 0.717) is 12.0 Å². The Labute approximate surface area is 171 Å². The van der Waals surface area contributed by atoms with Crippen molar-refractivity contribution < 1.29 is 33.8 Å². The summed E-state index contributed by atoms with van der Waals surface area (Å²) in [6.07, 6.45) is -0.275. The smallest absolute Gasteiger partial charge is 0.413 e. The predicted octanol–water partition coefficient (Wildman–Crippen LogP) is -1.30. The second-order valence-corrected chi connectivity index (χ2v) is 6.26. The van der Waals surface area contributed by atoms with Crippen molar-refractivity contribution >= 4 is 36.1 Å². The van der Waals surface area contributed by atoms with Crippen LogP contribution in [0.25, 0.3) is 0 Å². The minimum atomic E-state index is -1.20. The Morgan fingerprint density at radius 3 is 2.57 bits per heavy atom. The number of aliphatic carboxylic acids is 1. The Morgan fingerprint density at radius 1 is 1.23 bits per heavy atom. The fourth-order valence-electron chi connectivity index (χ4n) is 2.71. The number of carboxylic acids is 1. The van der Waals surface area contributed by atoms with Crippen molar-refractivity contribution in [1.82, 2.24) is 20.9 Å². The number of ketones is 1. The molecule has 1 aliphatic heterocycles. The maximum absolute atomic E-state index is 12.3. The van der Waals surface area contributed by atoms with Crippen LogP contribution in [0.1, 0.15) is 15.9 Å². The van der Waals surface area contributed by atoms with Gasteiger partial charge in [-0.25, -0.2) is 4.79 Å². The number of nitrogens with one attached hydrogen (secondary N) is 4. The van der Waals surface area contributed by atoms with E-state index in [2.05, 4.69) is 20.7 Å². The zero-order chi connectivity index (χ0) is 22.1. The third-order valence-electron chi connectivity index (χ3n) is 4.18. The molecule has 1 aliphatic rings. The van der Waals surface area contributed by atoms with Crippen LogP contribution in [-0.4, -0.2) is 78.3 Å². The molecule has 1 fully saturated rings. The van der Waals surface area contributed by atoms with Crippen molar-refractivity contribution in [3.8, 4) is 0 Å². The van der Waals surface area contributed by atoms with Gasteiger partial charge < -0.3 is 25.4 Å². The molecule has 0 aliphatic carbocycles. The van der Waals surface area contributed by atoms with Crippen LogP contribution in [0.2, 0.25) is 0 Å². The van der Waals surface area contributed by atoms with Gasteiger partial charge in [-0.1, -0.05) is 12.1 Å². The maximum atomic E-state index is 12.3. The van der Waals surface area contributed by atoms with Gasteiger partial charge in [-0.3, -0.25) is 29.9 Å². The molecule has 0 saturated carbocycles. The Balaban J connectivity index is 1.85. The number of amides is 3. The zero-order valence-electron chi connectivity index (χ0n) is 15.8. The van der Waals surface area contributed by atoms with E-state index >= 15 is 0 Å². The number of rotatable bonds is 9. The molecule has 1 aromatic carbocycles. The molecule has 0 aromatic heterocycles. The largest absolute Gasteiger partial charge is 0.480 e. The van der Waals surface area contributed by atoms with E-state index in [1.807, 2.05) is 0 Å². The highest BCUT2D eigenvalue weighted by atomic mass is 16.5. The van der Waals surface area contributed by atoms with Crippen LogP contribution in [0.3, 0.4) is 0 Å². The van der Waals surface area contributed by atoms with E-state index in [1.165, 1.54) is 12.1 Å². The number of carbonyl (C=O) groups is 5. The molecule has 1 atom stereocenters. The lowest BCUT2D eigenvalue weighted by molar-refractivity contribution is -0.148. The molecule has 0 spiro atoms. The minimum Gasteiger partial charge on any atom is -0.480 e. The van der Waals surface area contributed by atoms with Gasteiger partial charge in [-0.2, -0.15) is 0 Å². The summed E-state index contributed by atoms with van der Waals surface area (Å²) < 4.78 is 4.30. The van der Waals surface area contributed by atoms with Gasteiger partial charge in [0.2, 0.25) is 5.91 Å². The first-order valence-electron chi connectivity index (χ1n) is 8.89. The third-order valence-corrected chi connectivity index (χ3v) is 4.18. The average molecular weight is 419 g/mol. The lowest BCUT2D eigenvalue weighted by atomic mass is 10.1. The molecular weight excluding hydrogens is 398 g/mol.